The monoisotopic (exact) mass is 633 g/mol. The van der Waals surface area contributed by atoms with E-state index in [0.717, 1.165) is 11.1 Å². The highest BCUT2D eigenvalue weighted by atomic mass is 35.5. The normalized spacial score (nSPS) is 14.6. The number of benzene rings is 3. The van der Waals surface area contributed by atoms with Gasteiger partial charge in [-0.2, -0.15) is 0 Å². The van der Waals surface area contributed by atoms with E-state index in [1.165, 1.54) is 35.1 Å². The number of nitro benzene ring substituents is 1. The maximum absolute atomic E-state index is 13.9. The first-order valence-electron chi connectivity index (χ1n) is 13.6. The third-order valence-corrected chi connectivity index (χ3v) is 8.23. The molecule has 1 aliphatic heterocycles. The van der Waals surface area contributed by atoms with Crippen molar-refractivity contribution < 1.29 is 23.9 Å². The summed E-state index contributed by atoms with van der Waals surface area (Å²) in [5.41, 5.74) is 3.39. The lowest BCUT2D eigenvalue weighted by Crippen LogP contribution is -2.39. The van der Waals surface area contributed by atoms with Crippen molar-refractivity contribution in [3.8, 4) is 11.5 Å². The summed E-state index contributed by atoms with van der Waals surface area (Å²) in [5.74, 6) is 0.0547. The van der Waals surface area contributed by atoms with Crippen molar-refractivity contribution in [2.45, 2.75) is 33.4 Å². The highest BCUT2D eigenvalue weighted by Crippen LogP contribution is 2.37. The fourth-order valence-electron chi connectivity index (χ4n) is 4.89. The maximum atomic E-state index is 13.9. The van der Waals surface area contributed by atoms with E-state index in [2.05, 4.69) is 4.99 Å². The van der Waals surface area contributed by atoms with Gasteiger partial charge >= 0.3 is 5.97 Å². The molecule has 0 fully saturated rings. The highest BCUT2D eigenvalue weighted by molar-refractivity contribution is 7.07. The molecule has 2 heterocycles. The summed E-state index contributed by atoms with van der Waals surface area (Å²) >= 11 is 7.79. The average Bonchev–Trinajstić information content (AvgIpc) is 3.30. The van der Waals surface area contributed by atoms with Gasteiger partial charge in [0.15, 0.2) is 16.3 Å². The van der Waals surface area contributed by atoms with Gasteiger partial charge in [0.2, 0.25) is 0 Å². The second-order valence-corrected chi connectivity index (χ2v) is 11.4. The molecule has 0 radical (unpaired) electrons. The van der Waals surface area contributed by atoms with Gasteiger partial charge < -0.3 is 14.2 Å². The van der Waals surface area contributed by atoms with E-state index in [1.807, 2.05) is 31.2 Å². The van der Waals surface area contributed by atoms with Gasteiger partial charge in [-0.15, -0.1) is 0 Å². The van der Waals surface area contributed by atoms with Gasteiger partial charge in [-0.25, -0.2) is 9.79 Å². The van der Waals surface area contributed by atoms with Crippen LogP contribution in [0, 0.1) is 17.0 Å². The van der Waals surface area contributed by atoms with Crippen molar-refractivity contribution in [2.24, 2.45) is 4.99 Å². The number of non-ortho nitro benzene ring substituents is 1. The summed E-state index contributed by atoms with van der Waals surface area (Å²) in [6.07, 6.45) is 1.68. The van der Waals surface area contributed by atoms with Crippen LogP contribution in [0.2, 0.25) is 5.02 Å². The summed E-state index contributed by atoms with van der Waals surface area (Å²) in [6.45, 7) is 5.64. The number of thiazole rings is 1. The first-order chi connectivity index (χ1) is 21.1. The van der Waals surface area contributed by atoms with Crippen molar-refractivity contribution in [1.29, 1.82) is 0 Å². The van der Waals surface area contributed by atoms with Crippen LogP contribution in [0.5, 0.6) is 11.5 Å². The van der Waals surface area contributed by atoms with Crippen LogP contribution < -0.4 is 24.4 Å². The number of fused-ring (bicyclic) bond motifs is 1. The standard InChI is InChI=1S/C32H28ClN3O7S/c1-5-42-31(38)27-19(3)34-32-35(28(27)22-11-9-18(2)10-12-22)30(37)26(44-32)16-21-14-24(33)29(25(15-21)41-4)43-17-20-7-6-8-23(13-20)36(39)40/h6-16,28H,5,17H2,1-4H3/b26-16+/t28-/m1/s1. The molecule has 0 unspecified atom stereocenters. The number of methoxy groups -OCH3 is 1. The Balaban J connectivity index is 1.55. The van der Waals surface area contributed by atoms with E-state index in [4.69, 9.17) is 25.8 Å². The molecule has 0 N–H and O–H groups in total. The molecule has 1 atom stereocenters. The molecule has 0 saturated carbocycles. The number of aromatic nitrogens is 1. The molecule has 4 aromatic rings. The minimum Gasteiger partial charge on any atom is -0.493 e. The Morgan fingerprint density at radius 3 is 2.59 bits per heavy atom. The van der Waals surface area contributed by atoms with Crippen LogP contribution >= 0.6 is 22.9 Å². The molecule has 1 aromatic heterocycles. The number of carbonyl (C=O) groups is 1. The number of carbonyl (C=O) groups excluding carboxylic acids is 1. The lowest BCUT2D eigenvalue weighted by atomic mass is 9.95. The third-order valence-electron chi connectivity index (χ3n) is 6.96. The molecule has 1 aliphatic rings. The number of allylic oxidation sites excluding steroid dienone is 1. The number of esters is 1. The zero-order valence-electron chi connectivity index (χ0n) is 24.3. The van der Waals surface area contributed by atoms with E-state index in [-0.39, 0.29) is 35.2 Å². The van der Waals surface area contributed by atoms with E-state index < -0.39 is 16.9 Å². The number of nitrogens with zero attached hydrogens (tertiary/aromatic N) is 3. The Hall–Kier alpha value is -4.74. The molecule has 0 saturated heterocycles. The molecular formula is C32H28ClN3O7S. The van der Waals surface area contributed by atoms with Gasteiger partial charge in [0.1, 0.15) is 6.61 Å². The SMILES string of the molecule is CCOC(=O)C1=C(C)N=c2s/c(=C/c3cc(Cl)c(OCc4cccc([N+](=O)[O-])c4)c(OC)c3)c(=O)n2[C@@H]1c1ccc(C)cc1. The number of aryl methyl sites for hydroxylation is 1. The van der Waals surface area contributed by atoms with Crippen LogP contribution in [0.4, 0.5) is 5.69 Å². The van der Waals surface area contributed by atoms with Crippen LogP contribution in [0.1, 0.15) is 42.1 Å². The summed E-state index contributed by atoms with van der Waals surface area (Å²) < 4.78 is 18.7. The first-order valence-corrected chi connectivity index (χ1v) is 14.8. The third kappa shape index (κ3) is 6.15. The van der Waals surface area contributed by atoms with Crippen molar-refractivity contribution in [3.63, 3.8) is 0 Å². The topological polar surface area (TPSA) is 122 Å². The van der Waals surface area contributed by atoms with E-state index >= 15 is 0 Å². The van der Waals surface area contributed by atoms with Crippen molar-refractivity contribution in [1.82, 2.24) is 4.57 Å². The lowest BCUT2D eigenvalue weighted by Gasteiger charge is -2.24. The maximum Gasteiger partial charge on any atom is 0.338 e. The predicted octanol–water partition coefficient (Wildman–Crippen LogP) is 5.26. The van der Waals surface area contributed by atoms with E-state index in [9.17, 15) is 19.7 Å². The molecule has 0 aliphatic carbocycles. The Morgan fingerprint density at radius 1 is 1.16 bits per heavy atom. The molecule has 0 spiro atoms. The molecular weight excluding hydrogens is 606 g/mol. The molecule has 0 amide bonds. The fourth-order valence-corrected chi connectivity index (χ4v) is 6.21. The van der Waals surface area contributed by atoms with Gasteiger partial charge in [0.25, 0.3) is 11.2 Å². The van der Waals surface area contributed by atoms with Gasteiger partial charge in [-0.3, -0.25) is 19.5 Å². The molecule has 0 bridgehead atoms. The Morgan fingerprint density at radius 2 is 1.91 bits per heavy atom. The second-order valence-electron chi connectivity index (χ2n) is 9.96. The zero-order chi connectivity index (χ0) is 31.5. The van der Waals surface area contributed by atoms with E-state index in [1.54, 1.807) is 44.2 Å². The van der Waals surface area contributed by atoms with Crippen LogP contribution in [0.3, 0.4) is 0 Å². The van der Waals surface area contributed by atoms with Gasteiger partial charge in [-0.1, -0.05) is 64.9 Å². The number of hydrogen-bond acceptors (Lipinski definition) is 9. The molecule has 12 heteroatoms. The summed E-state index contributed by atoms with van der Waals surface area (Å²) in [6, 6.07) is 16.4. The smallest absolute Gasteiger partial charge is 0.338 e. The van der Waals surface area contributed by atoms with Crippen molar-refractivity contribution >= 4 is 40.7 Å². The van der Waals surface area contributed by atoms with Crippen molar-refractivity contribution in [2.75, 3.05) is 13.7 Å². The van der Waals surface area contributed by atoms with E-state index in [0.29, 0.717) is 37.5 Å². The minimum absolute atomic E-state index is 0.0247. The minimum atomic E-state index is -0.712. The largest absolute Gasteiger partial charge is 0.493 e. The molecule has 5 rings (SSSR count). The van der Waals surface area contributed by atoms with Crippen LogP contribution in [-0.4, -0.2) is 29.2 Å². The van der Waals surface area contributed by atoms with Crippen LogP contribution in [-0.2, 0) is 16.1 Å². The number of ether oxygens (including phenoxy) is 3. The second kappa shape index (κ2) is 12.9. The summed E-state index contributed by atoms with van der Waals surface area (Å²) in [7, 11) is 1.46. The van der Waals surface area contributed by atoms with Gasteiger partial charge in [0.05, 0.1) is 45.5 Å². The highest BCUT2D eigenvalue weighted by Gasteiger charge is 2.33. The summed E-state index contributed by atoms with van der Waals surface area (Å²) in [5, 5.41) is 11.3. The molecule has 10 nitrogen and oxygen atoms in total. The fraction of sp³-hybridized carbons (Fsp3) is 0.219. The Labute approximate surface area is 261 Å². The first kappa shape index (κ1) is 30.7. The zero-order valence-corrected chi connectivity index (χ0v) is 25.9. The Bertz CT molecular complexity index is 1980. The Kier molecular flexibility index (Phi) is 8.98. The average molecular weight is 634 g/mol. The number of hydrogen-bond donors (Lipinski definition) is 0. The summed E-state index contributed by atoms with van der Waals surface area (Å²) in [4.78, 5) is 42.7. The number of halogens is 1. The molecule has 3 aromatic carbocycles. The van der Waals surface area contributed by atoms with Crippen LogP contribution in [0.15, 0.2) is 81.7 Å². The predicted molar refractivity (Wildman–Crippen MR) is 167 cm³/mol. The molecule has 226 valence electrons. The lowest BCUT2D eigenvalue weighted by molar-refractivity contribution is -0.384. The van der Waals surface area contributed by atoms with Crippen LogP contribution in [0.25, 0.3) is 6.08 Å². The van der Waals surface area contributed by atoms with Gasteiger partial charge in [-0.05, 0) is 55.7 Å². The number of rotatable bonds is 9. The van der Waals surface area contributed by atoms with Gasteiger partial charge in [0, 0.05) is 12.1 Å². The quantitative estimate of drug-likeness (QED) is 0.140. The number of nitro groups is 1. The molecule has 44 heavy (non-hydrogen) atoms. The van der Waals surface area contributed by atoms with Crippen molar-refractivity contribution in [3.05, 3.63) is 129 Å².